The number of hydrogen-bond acceptors (Lipinski definition) is 3. The monoisotopic (exact) mass is 220 g/mol. The molecule has 4 heteroatoms. The molecule has 2 rings (SSSR count). The van der Waals surface area contributed by atoms with E-state index in [9.17, 15) is 4.79 Å². The first-order valence-corrected chi connectivity index (χ1v) is 5.48. The third-order valence-corrected chi connectivity index (χ3v) is 3.03. The van der Waals surface area contributed by atoms with Crippen LogP contribution < -0.4 is 11.1 Å². The van der Waals surface area contributed by atoms with E-state index < -0.39 is 5.97 Å². The molecule has 1 aromatic rings. The molecule has 0 saturated heterocycles. The van der Waals surface area contributed by atoms with Crippen LogP contribution >= 0.6 is 0 Å². The fourth-order valence-electron chi connectivity index (χ4n) is 1.85. The zero-order chi connectivity index (χ0) is 11.7. The number of para-hydroxylation sites is 1. The number of nitrogens with two attached hydrogens (primary N) is 1. The van der Waals surface area contributed by atoms with E-state index in [2.05, 4.69) is 12.2 Å². The lowest BCUT2D eigenvalue weighted by molar-refractivity contribution is 0.0698. The number of nitrogen functional groups attached to an aromatic ring is 1. The SMILES string of the molecule is CC(Nc1c(N)cccc1C(=O)O)C1CC1. The lowest BCUT2D eigenvalue weighted by Gasteiger charge is -2.17. The lowest BCUT2D eigenvalue weighted by Crippen LogP contribution is -2.20. The maximum absolute atomic E-state index is 11.0. The molecule has 0 aromatic heterocycles. The van der Waals surface area contributed by atoms with Gasteiger partial charge in [-0.2, -0.15) is 0 Å². The summed E-state index contributed by atoms with van der Waals surface area (Å²) < 4.78 is 0. The van der Waals surface area contributed by atoms with Crippen molar-refractivity contribution in [2.75, 3.05) is 11.1 Å². The van der Waals surface area contributed by atoms with Crippen molar-refractivity contribution >= 4 is 17.3 Å². The number of nitrogens with one attached hydrogen (secondary N) is 1. The molecule has 86 valence electrons. The number of benzene rings is 1. The minimum absolute atomic E-state index is 0.243. The fraction of sp³-hybridized carbons (Fsp3) is 0.417. The van der Waals surface area contributed by atoms with Gasteiger partial charge in [0.05, 0.1) is 16.9 Å². The Balaban J connectivity index is 2.26. The summed E-state index contributed by atoms with van der Waals surface area (Å²) in [6.45, 7) is 2.07. The highest BCUT2D eigenvalue weighted by molar-refractivity contribution is 5.97. The minimum Gasteiger partial charge on any atom is -0.478 e. The first-order valence-electron chi connectivity index (χ1n) is 5.48. The summed E-state index contributed by atoms with van der Waals surface area (Å²) >= 11 is 0. The quantitative estimate of drug-likeness (QED) is 0.680. The molecule has 1 aromatic carbocycles. The molecule has 0 heterocycles. The smallest absolute Gasteiger partial charge is 0.337 e. The third-order valence-electron chi connectivity index (χ3n) is 3.03. The Hall–Kier alpha value is -1.71. The van der Waals surface area contributed by atoms with Crippen molar-refractivity contribution in [2.45, 2.75) is 25.8 Å². The van der Waals surface area contributed by atoms with Crippen LogP contribution in [0.15, 0.2) is 18.2 Å². The van der Waals surface area contributed by atoms with Crippen molar-refractivity contribution in [1.29, 1.82) is 0 Å². The van der Waals surface area contributed by atoms with Gasteiger partial charge in [0, 0.05) is 6.04 Å². The van der Waals surface area contributed by atoms with Crippen LogP contribution in [0, 0.1) is 5.92 Å². The topological polar surface area (TPSA) is 75.3 Å². The van der Waals surface area contributed by atoms with Gasteiger partial charge in [-0.25, -0.2) is 4.79 Å². The number of aromatic carboxylic acids is 1. The number of carboxylic acids is 1. The van der Waals surface area contributed by atoms with Crippen LogP contribution in [0.1, 0.15) is 30.1 Å². The Labute approximate surface area is 94.5 Å². The molecule has 0 bridgehead atoms. The zero-order valence-corrected chi connectivity index (χ0v) is 9.23. The van der Waals surface area contributed by atoms with Gasteiger partial charge in [-0.15, -0.1) is 0 Å². The Kier molecular flexibility index (Phi) is 2.73. The summed E-state index contributed by atoms with van der Waals surface area (Å²) in [7, 11) is 0. The molecular weight excluding hydrogens is 204 g/mol. The summed E-state index contributed by atoms with van der Waals surface area (Å²) in [5.74, 6) is -0.293. The van der Waals surface area contributed by atoms with E-state index in [-0.39, 0.29) is 11.6 Å². The van der Waals surface area contributed by atoms with Gasteiger partial charge < -0.3 is 16.2 Å². The summed E-state index contributed by atoms with van der Waals surface area (Å²) in [5.41, 5.74) is 7.09. The number of carbonyl (C=O) groups is 1. The van der Waals surface area contributed by atoms with Gasteiger partial charge in [0.25, 0.3) is 0 Å². The van der Waals surface area contributed by atoms with E-state index in [4.69, 9.17) is 10.8 Å². The van der Waals surface area contributed by atoms with Gasteiger partial charge in [-0.3, -0.25) is 0 Å². The van der Waals surface area contributed by atoms with Crippen LogP contribution in [0.25, 0.3) is 0 Å². The number of rotatable bonds is 4. The van der Waals surface area contributed by atoms with Crippen molar-refractivity contribution < 1.29 is 9.90 Å². The molecule has 4 nitrogen and oxygen atoms in total. The molecule has 0 spiro atoms. The van der Waals surface area contributed by atoms with E-state index in [1.165, 1.54) is 12.8 Å². The summed E-state index contributed by atoms with van der Waals surface area (Å²) in [4.78, 5) is 11.0. The van der Waals surface area contributed by atoms with Crippen molar-refractivity contribution in [1.82, 2.24) is 0 Å². The van der Waals surface area contributed by atoms with Crippen LogP contribution in [-0.2, 0) is 0 Å². The van der Waals surface area contributed by atoms with E-state index in [1.807, 2.05) is 0 Å². The first kappa shape index (κ1) is 10.8. The molecule has 0 radical (unpaired) electrons. The standard InChI is InChI=1S/C12H16N2O2/c1-7(8-5-6-8)14-11-9(12(15)16)3-2-4-10(11)13/h2-4,7-8,14H,5-6,13H2,1H3,(H,15,16). The van der Waals surface area contributed by atoms with Crippen LogP contribution in [-0.4, -0.2) is 17.1 Å². The Morgan fingerprint density at radius 1 is 1.56 bits per heavy atom. The van der Waals surface area contributed by atoms with Gasteiger partial charge in [-0.05, 0) is 37.8 Å². The normalized spacial score (nSPS) is 16.8. The molecule has 1 aliphatic rings. The zero-order valence-electron chi connectivity index (χ0n) is 9.23. The van der Waals surface area contributed by atoms with E-state index in [1.54, 1.807) is 18.2 Å². The van der Waals surface area contributed by atoms with Crippen LogP contribution in [0.4, 0.5) is 11.4 Å². The molecule has 1 saturated carbocycles. The summed E-state index contributed by atoms with van der Waals surface area (Å²) in [6.07, 6.45) is 2.42. The van der Waals surface area contributed by atoms with Gasteiger partial charge in [0.1, 0.15) is 0 Å². The molecule has 0 aliphatic heterocycles. The highest BCUT2D eigenvalue weighted by atomic mass is 16.4. The van der Waals surface area contributed by atoms with Crippen molar-refractivity contribution in [3.8, 4) is 0 Å². The van der Waals surface area contributed by atoms with Crippen LogP contribution in [0.5, 0.6) is 0 Å². The molecule has 0 amide bonds. The van der Waals surface area contributed by atoms with Crippen LogP contribution in [0.2, 0.25) is 0 Å². The van der Waals surface area contributed by atoms with Crippen molar-refractivity contribution in [3.05, 3.63) is 23.8 Å². The fourth-order valence-corrected chi connectivity index (χ4v) is 1.85. The third kappa shape index (κ3) is 2.10. The van der Waals surface area contributed by atoms with Crippen molar-refractivity contribution in [3.63, 3.8) is 0 Å². The molecule has 1 aliphatic carbocycles. The average molecular weight is 220 g/mol. The number of anilines is 2. The second-order valence-electron chi connectivity index (χ2n) is 4.35. The molecule has 4 N–H and O–H groups in total. The van der Waals surface area contributed by atoms with Gasteiger partial charge >= 0.3 is 5.97 Å². The highest BCUT2D eigenvalue weighted by Crippen LogP contribution is 2.35. The Morgan fingerprint density at radius 3 is 2.81 bits per heavy atom. The first-order chi connectivity index (χ1) is 7.59. The number of carboxylic acid groups (broad SMARTS) is 1. The summed E-state index contributed by atoms with van der Waals surface area (Å²) in [6, 6.07) is 5.23. The van der Waals surface area contributed by atoms with Gasteiger partial charge in [0.2, 0.25) is 0 Å². The Morgan fingerprint density at radius 2 is 2.25 bits per heavy atom. The minimum atomic E-state index is -0.946. The maximum Gasteiger partial charge on any atom is 0.337 e. The Bertz CT molecular complexity index is 413. The van der Waals surface area contributed by atoms with E-state index >= 15 is 0 Å². The molecular formula is C12H16N2O2. The molecule has 1 unspecified atom stereocenters. The van der Waals surface area contributed by atoms with E-state index in [0.29, 0.717) is 17.3 Å². The molecule has 1 fully saturated rings. The van der Waals surface area contributed by atoms with Crippen molar-refractivity contribution in [2.24, 2.45) is 5.92 Å². The predicted octanol–water partition coefficient (Wildman–Crippen LogP) is 2.18. The maximum atomic E-state index is 11.0. The lowest BCUT2D eigenvalue weighted by atomic mass is 10.1. The average Bonchev–Trinajstić information content (AvgIpc) is 3.03. The molecule has 1 atom stereocenters. The molecule has 16 heavy (non-hydrogen) atoms. The predicted molar refractivity (Wildman–Crippen MR) is 63.6 cm³/mol. The largest absolute Gasteiger partial charge is 0.478 e. The van der Waals surface area contributed by atoms with Gasteiger partial charge in [-0.1, -0.05) is 6.07 Å². The van der Waals surface area contributed by atoms with E-state index in [0.717, 1.165) is 0 Å². The second kappa shape index (κ2) is 4.04. The summed E-state index contributed by atoms with van der Waals surface area (Å²) in [5, 5.41) is 12.3. The number of hydrogen-bond donors (Lipinski definition) is 3. The highest BCUT2D eigenvalue weighted by Gasteiger charge is 2.29. The second-order valence-corrected chi connectivity index (χ2v) is 4.35. The van der Waals surface area contributed by atoms with Crippen LogP contribution in [0.3, 0.4) is 0 Å². The van der Waals surface area contributed by atoms with Gasteiger partial charge in [0.15, 0.2) is 0 Å².